The molecule has 3 nitrogen and oxygen atoms in total. The highest BCUT2D eigenvalue weighted by molar-refractivity contribution is 6.30. The summed E-state index contributed by atoms with van der Waals surface area (Å²) in [6, 6.07) is 14.0. The number of hydrogen-bond acceptors (Lipinski definition) is 3. The van der Waals surface area contributed by atoms with Crippen molar-refractivity contribution >= 4 is 11.6 Å². The number of benzene rings is 2. The maximum atomic E-state index is 6.09. The van der Waals surface area contributed by atoms with E-state index in [2.05, 4.69) is 24.4 Å². The summed E-state index contributed by atoms with van der Waals surface area (Å²) in [6.45, 7) is 4.82. The van der Waals surface area contributed by atoms with Crippen molar-refractivity contribution < 1.29 is 9.47 Å². The van der Waals surface area contributed by atoms with E-state index in [1.807, 2.05) is 30.3 Å². The molecule has 22 heavy (non-hydrogen) atoms. The summed E-state index contributed by atoms with van der Waals surface area (Å²) in [7, 11) is 1.69. The van der Waals surface area contributed by atoms with Gasteiger partial charge in [-0.05, 0) is 36.2 Å². The average molecular weight is 320 g/mol. The Balaban J connectivity index is 2.01. The Morgan fingerprint density at radius 1 is 1.09 bits per heavy atom. The van der Waals surface area contributed by atoms with Gasteiger partial charge in [-0.15, -0.1) is 0 Å². The van der Waals surface area contributed by atoms with E-state index in [1.54, 1.807) is 7.11 Å². The summed E-state index contributed by atoms with van der Waals surface area (Å²) < 4.78 is 11.0. The molecule has 0 radical (unpaired) electrons. The zero-order valence-corrected chi connectivity index (χ0v) is 13.8. The molecule has 0 unspecified atom stereocenters. The van der Waals surface area contributed by atoms with Crippen LogP contribution in [0.4, 0.5) is 0 Å². The van der Waals surface area contributed by atoms with Crippen LogP contribution in [0.3, 0.4) is 0 Å². The molecule has 0 atom stereocenters. The number of ether oxygens (including phenoxy) is 2. The van der Waals surface area contributed by atoms with Gasteiger partial charge in [0.2, 0.25) is 0 Å². The third-order valence-corrected chi connectivity index (χ3v) is 3.70. The zero-order chi connectivity index (χ0) is 15.8. The van der Waals surface area contributed by atoms with Crippen LogP contribution in [0.25, 0.3) is 0 Å². The van der Waals surface area contributed by atoms with Gasteiger partial charge < -0.3 is 14.8 Å². The van der Waals surface area contributed by atoms with E-state index in [0.717, 1.165) is 17.9 Å². The summed E-state index contributed by atoms with van der Waals surface area (Å²) in [4.78, 5) is 0. The molecule has 0 heterocycles. The lowest BCUT2D eigenvalue weighted by molar-refractivity contribution is 0.199. The Morgan fingerprint density at radius 3 is 2.68 bits per heavy atom. The fourth-order valence-electron chi connectivity index (χ4n) is 2.15. The van der Waals surface area contributed by atoms with Crippen LogP contribution in [0.1, 0.15) is 16.7 Å². The molecule has 118 valence electrons. The summed E-state index contributed by atoms with van der Waals surface area (Å²) in [6.07, 6.45) is 0. The summed E-state index contributed by atoms with van der Waals surface area (Å²) in [5.41, 5.74) is 3.48. The third kappa shape index (κ3) is 5.02. The van der Waals surface area contributed by atoms with Crippen molar-refractivity contribution in [3.8, 4) is 5.75 Å². The lowest BCUT2D eigenvalue weighted by Gasteiger charge is -2.14. The standard InChI is InChI=1S/C18H22ClNO2/c1-14-5-3-4-6-15(14)13-22-18-8-7-17(19)11-16(18)12-20-9-10-21-2/h3-8,11,20H,9-10,12-13H2,1-2H3. The van der Waals surface area contributed by atoms with Crippen molar-refractivity contribution in [3.63, 3.8) is 0 Å². The molecule has 2 aromatic carbocycles. The molecule has 4 heteroatoms. The Hall–Kier alpha value is -1.55. The van der Waals surface area contributed by atoms with Crippen LogP contribution in [-0.2, 0) is 17.9 Å². The second-order valence-corrected chi connectivity index (χ2v) is 5.57. The first kappa shape index (κ1) is 16.8. The number of hydrogen-bond donors (Lipinski definition) is 1. The SMILES string of the molecule is COCCNCc1cc(Cl)ccc1OCc1ccccc1C. The lowest BCUT2D eigenvalue weighted by atomic mass is 10.1. The molecule has 2 rings (SSSR count). The molecule has 0 aromatic heterocycles. The van der Waals surface area contributed by atoms with E-state index in [4.69, 9.17) is 21.1 Å². The van der Waals surface area contributed by atoms with Crippen LogP contribution in [0.5, 0.6) is 5.75 Å². The highest BCUT2D eigenvalue weighted by atomic mass is 35.5. The topological polar surface area (TPSA) is 30.5 Å². The molecule has 2 aromatic rings. The van der Waals surface area contributed by atoms with Gasteiger partial charge in [0.1, 0.15) is 12.4 Å². The van der Waals surface area contributed by atoms with Crippen molar-refractivity contribution in [1.82, 2.24) is 5.32 Å². The second kappa shape index (κ2) is 8.79. The predicted octanol–water partition coefficient (Wildman–Crippen LogP) is 3.96. The number of nitrogens with one attached hydrogen (secondary N) is 1. The Kier molecular flexibility index (Phi) is 6.72. The van der Waals surface area contributed by atoms with E-state index >= 15 is 0 Å². The van der Waals surface area contributed by atoms with Crippen molar-refractivity contribution in [1.29, 1.82) is 0 Å². The number of methoxy groups -OCH3 is 1. The molecule has 0 fully saturated rings. The van der Waals surface area contributed by atoms with Crippen molar-refractivity contribution in [2.75, 3.05) is 20.3 Å². The zero-order valence-electron chi connectivity index (χ0n) is 13.1. The number of halogens is 1. The number of aryl methyl sites for hydroxylation is 1. The van der Waals surface area contributed by atoms with Gasteiger partial charge in [-0.1, -0.05) is 35.9 Å². The molecule has 0 amide bonds. The fraction of sp³-hybridized carbons (Fsp3) is 0.333. The Labute approximate surface area is 137 Å². The average Bonchev–Trinajstić information content (AvgIpc) is 2.52. The van der Waals surface area contributed by atoms with Crippen LogP contribution in [-0.4, -0.2) is 20.3 Å². The minimum Gasteiger partial charge on any atom is -0.489 e. The van der Waals surface area contributed by atoms with Crippen molar-refractivity contribution in [3.05, 3.63) is 64.2 Å². The third-order valence-electron chi connectivity index (χ3n) is 3.47. The van der Waals surface area contributed by atoms with Gasteiger partial charge in [-0.25, -0.2) is 0 Å². The second-order valence-electron chi connectivity index (χ2n) is 5.14. The molecule has 0 aliphatic heterocycles. The molecule has 0 aliphatic carbocycles. The van der Waals surface area contributed by atoms with Crippen LogP contribution in [0.15, 0.2) is 42.5 Å². The monoisotopic (exact) mass is 319 g/mol. The normalized spacial score (nSPS) is 10.7. The molecular weight excluding hydrogens is 298 g/mol. The first-order valence-electron chi connectivity index (χ1n) is 7.36. The molecule has 0 spiro atoms. The van der Waals surface area contributed by atoms with Crippen LogP contribution < -0.4 is 10.1 Å². The van der Waals surface area contributed by atoms with Crippen molar-refractivity contribution in [2.24, 2.45) is 0 Å². The summed E-state index contributed by atoms with van der Waals surface area (Å²) in [5.74, 6) is 0.859. The highest BCUT2D eigenvalue weighted by Crippen LogP contribution is 2.24. The van der Waals surface area contributed by atoms with Gasteiger partial charge in [0.25, 0.3) is 0 Å². The van der Waals surface area contributed by atoms with E-state index < -0.39 is 0 Å². The van der Waals surface area contributed by atoms with Crippen molar-refractivity contribution in [2.45, 2.75) is 20.1 Å². The van der Waals surface area contributed by atoms with Gasteiger partial charge in [-0.3, -0.25) is 0 Å². The first-order chi connectivity index (χ1) is 10.7. The minimum atomic E-state index is 0.555. The van der Waals surface area contributed by atoms with Gasteiger partial charge in [0.15, 0.2) is 0 Å². The molecular formula is C18H22ClNO2. The largest absolute Gasteiger partial charge is 0.489 e. The number of rotatable bonds is 8. The van der Waals surface area contributed by atoms with Gasteiger partial charge in [-0.2, -0.15) is 0 Å². The lowest BCUT2D eigenvalue weighted by Crippen LogP contribution is -2.19. The molecule has 0 saturated carbocycles. The van der Waals surface area contributed by atoms with Gasteiger partial charge >= 0.3 is 0 Å². The summed E-state index contributed by atoms with van der Waals surface area (Å²) in [5, 5.41) is 4.03. The first-order valence-corrected chi connectivity index (χ1v) is 7.74. The summed E-state index contributed by atoms with van der Waals surface area (Å²) >= 11 is 6.09. The Morgan fingerprint density at radius 2 is 1.91 bits per heavy atom. The highest BCUT2D eigenvalue weighted by Gasteiger charge is 2.06. The van der Waals surface area contributed by atoms with Crippen LogP contribution in [0.2, 0.25) is 5.02 Å². The van der Waals surface area contributed by atoms with E-state index in [-0.39, 0.29) is 0 Å². The van der Waals surface area contributed by atoms with Gasteiger partial charge in [0, 0.05) is 30.8 Å². The molecule has 0 bridgehead atoms. The quantitative estimate of drug-likeness (QED) is 0.747. The molecule has 1 N–H and O–H groups in total. The minimum absolute atomic E-state index is 0.555. The Bertz CT molecular complexity index is 601. The maximum Gasteiger partial charge on any atom is 0.124 e. The predicted molar refractivity (Wildman–Crippen MR) is 90.5 cm³/mol. The van der Waals surface area contributed by atoms with Crippen LogP contribution >= 0.6 is 11.6 Å². The fourth-order valence-corrected chi connectivity index (χ4v) is 2.35. The van der Waals surface area contributed by atoms with E-state index in [0.29, 0.717) is 24.8 Å². The smallest absolute Gasteiger partial charge is 0.124 e. The van der Waals surface area contributed by atoms with E-state index in [1.165, 1.54) is 11.1 Å². The van der Waals surface area contributed by atoms with Crippen LogP contribution in [0, 0.1) is 6.92 Å². The maximum absolute atomic E-state index is 6.09. The molecule has 0 aliphatic rings. The van der Waals surface area contributed by atoms with E-state index in [9.17, 15) is 0 Å². The molecule has 0 saturated heterocycles. The van der Waals surface area contributed by atoms with Gasteiger partial charge in [0.05, 0.1) is 6.61 Å².